The Hall–Kier alpha value is -1.26. The fraction of sp³-hybridized carbons (Fsp3) is 0.533. The van der Waals surface area contributed by atoms with E-state index in [4.69, 9.17) is 17.3 Å². The van der Waals surface area contributed by atoms with Crippen LogP contribution in [0.5, 0.6) is 0 Å². The van der Waals surface area contributed by atoms with Crippen molar-refractivity contribution in [3.8, 4) is 0 Å². The zero-order chi connectivity index (χ0) is 14.7. The highest BCUT2D eigenvalue weighted by Crippen LogP contribution is 2.26. The SMILES string of the molecule is CCC1CCC(C)N1CC(=O)Nc1ccc(Cl)cc1N. The van der Waals surface area contributed by atoms with Gasteiger partial charge in [0.05, 0.1) is 17.9 Å². The molecular formula is C15H22ClN3O. The number of carbonyl (C=O) groups excluding carboxylic acids is 1. The number of anilines is 2. The number of carbonyl (C=O) groups is 1. The van der Waals surface area contributed by atoms with E-state index in [0.717, 1.165) is 12.8 Å². The van der Waals surface area contributed by atoms with Crippen molar-refractivity contribution in [3.63, 3.8) is 0 Å². The average Bonchev–Trinajstić information content (AvgIpc) is 2.74. The molecular weight excluding hydrogens is 274 g/mol. The van der Waals surface area contributed by atoms with E-state index in [1.54, 1.807) is 18.2 Å². The highest BCUT2D eigenvalue weighted by Gasteiger charge is 2.30. The fourth-order valence-corrected chi connectivity index (χ4v) is 3.03. The van der Waals surface area contributed by atoms with Crippen molar-refractivity contribution in [3.05, 3.63) is 23.2 Å². The second-order valence-electron chi connectivity index (χ2n) is 5.44. The topological polar surface area (TPSA) is 58.4 Å². The first kappa shape index (κ1) is 15.1. The number of nitrogens with zero attached hydrogens (tertiary/aromatic N) is 1. The lowest BCUT2D eigenvalue weighted by molar-refractivity contribution is -0.118. The number of rotatable bonds is 4. The van der Waals surface area contributed by atoms with Crippen LogP contribution < -0.4 is 11.1 Å². The summed E-state index contributed by atoms with van der Waals surface area (Å²) in [6.07, 6.45) is 3.42. The number of hydrogen-bond donors (Lipinski definition) is 2. The monoisotopic (exact) mass is 295 g/mol. The van der Waals surface area contributed by atoms with E-state index in [0.29, 0.717) is 35.0 Å². The predicted octanol–water partition coefficient (Wildman–Crippen LogP) is 3.12. The van der Waals surface area contributed by atoms with E-state index >= 15 is 0 Å². The maximum Gasteiger partial charge on any atom is 0.238 e. The first-order valence-corrected chi connectivity index (χ1v) is 7.49. The van der Waals surface area contributed by atoms with Crippen LogP contribution in [0.1, 0.15) is 33.1 Å². The quantitative estimate of drug-likeness (QED) is 0.839. The molecule has 0 spiro atoms. The highest BCUT2D eigenvalue weighted by atomic mass is 35.5. The third kappa shape index (κ3) is 3.44. The molecule has 0 saturated carbocycles. The van der Waals surface area contributed by atoms with Crippen LogP contribution in [0.25, 0.3) is 0 Å². The molecule has 0 aromatic heterocycles. The van der Waals surface area contributed by atoms with E-state index in [2.05, 4.69) is 24.1 Å². The molecule has 1 aromatic rings. The number of nitrogen functional groups attached to an aromatic ring is 1. The molecule has 2 unspecified atom stereocenters. The van der Waals surface area contributed by atoms with Gasteiger partial charge >= 0.3 is 0 Å². The third-order valence-electron chi connectivity index (χ3n) is 4.04. The second-order valence-corrected chi connectivity index (χ2v) is 5.88. The van der Waals surface area contributed by atoms with Crippen molar-refractivity contribution in [1.82, 2.24) is 4.90 Å². The van der Waals surface area contributed by atoms with Crippen LogP contribution >= 0.6 is 11.6 Å². The van der Waals surface area contributed by atoms with Gasteiger partial charge in [-0.2, -0.15) is 0 Å². The number of nitrogens with two attached hydrogens (primary N) is 1. The lowest BCUT2D eigenvalue weighted by Crippen LogP contribution is -2.40. The summed E-state index contributed by atoms with van der Waals surface area (Å²) in [7, 11) is 0. The molecule has 20 heavy (non-hydrogen) atoms. The van der Waals surface area contributed by atoms with Gasteiger partial charge in [-0.1, -0.05) is 18.5 Å². The molecule has 0 radical (unpaired) electrons. The van der Waals surface area contributed by atoms with Crippen LogP contribution in [-0.4, -0.2) is 29.4 Å². The van der Waals surface area contributed by atoms with Gasteiger partial charge in [0, 0.05) is 17.1 Å². The largest absolute Gasteiger partial charge is 0.397 e. The standard InChI is InChI=1S/C15H22ClN3O/c1-3-12-6-4-10(2)19(12)9-15(20)18-14-7-5-11(16)8-13(14)17/h5,7-8,10,12H,3-4,6,9,17H2,1-2H3,(H,18,20). The zero-order valence-electron chi connectivity index (χ0n) is 12.0. The van der Waals surface area contributed by atoms with Gasteiger partial charge < -0.3 is 11.1 Å². The summed E-state index contributed by atoms with van der Waals surface area (Å²) in [6, 6.07) is 6.08. The molecule has 1 fully saturated rings. The Labute approximate surface area is 125 Å². The van der Waals surface area contributed by atoms with Gasteiger partial charge in [-0.15, -0.1) is 0 Å². The molecule has 0 bridgehead atoms. The van der Waals surface area contributed by atoms with Crippen LogP contribution in [0.15, 0.2) is 18.2 Å². The van der Waals surface area contributed by atoms with Crippen LogP contribution in [0.3, 0.4) is 0 Å². The van der Waals surface area contributed by atoms with Gasteiger partial charge in [0.25, 0.3) is 0 Å². The van der Waals surface area contributed by atoms with Crippen molar-refractivity contribution >= 4 is 28.9 Å². The van der Waals surface area contributed by atoms with Gasteiger partial charge in [0.2, 0.25) is 5.91 Å². The zero-order valence-corrected chi connectivity index (χ0v) is 12.8. The predicted molar refractivity (Wildman–Crippen MR) is 84.0 cm³/mol. The molecule has 1 heterocycles. The van der Waals surface area contributed by atoms with Crippen LogP contribution in [0, 0.1) is 0 Å². The fourth-order valence-electron chi connectivity index (χ4n) is 2.85. The Morgan fingerprint density at radius 2 is 2.25 bits per heavy atom. The second kappa shape index (κ2) is 6.46. The summed E-state index contributed by atoms with van der Waals surface area (Å²) in [5.41, 5.74) is 6.96. The Morgan fingerprint density at radius 1 is 1.50 bits per heavy atom. The minimum Gasteiger partial charge on any atom is -0.397 e. The summed E-state index contributed by atoms with van der Waals surface area (Å²) in [6.45, 7) is 4.77. The third-order valence-corrected chi connectivity index (χ3v) is 4.27. The Morgan fingerprint density at radius 3 is 2.90 bits per heavy atom. The molecule has 3 N–H and O–H groups in total. The number of likely N-dealkylation sites (tertiary alicyclic amines) is 1. The van der Waals surface area contributed by atoms with E-state index in [-0.39, 0.29) is 5.91 Å². The number of halogens is 1. The van der Waals surface area contributed by atoms with Crippen LogP contribution in [0.2, 0.25) is 5.02 Å². The van der Waals surface area contributed by atoms with E-state index in [9.17, 15) is 4.79 Å². The van der Waals surface area contributed by atoms with Gasteiger partial charge in [0.1, 0.15) is 0 Å². The minimum absolute atomic E-state index is 0.0220. The molecule has 2 atom stereocenters. The highest BCUT2D eigenvalue weighted by molar-refractivity contribution is 6.31. The van der Waals surface area contributed by atoms with E-state index in [1.807, 2.05) is 0 Å². The van der Waals surface area contributed by atoms with Crippen molar-refractivity contribution in [2.45, 2.75) is 45.2 Å². The van der Waals surface area contributed by atoms with Crippen molar-refractivity contribution < 1.29 is 4.79 Å². The first-order valence-electron chi connectivity index (χ1n) is 7.12. The molecule has 2 rings (SSSR count). The van der Waals surface area contributed by atoms with Gasteiger partial charge in [-0.25, -0.2) is 0 Å². The molecule has 1 aromatic carbocycles. The summed E-state index contributed by atoms with van der Waals surface area (Å²) in [4.78, 5) is 14.5. The Bertz CT molecular complexity index is 492. The Kier molecular flexibility index (Phi) is 4.89. The molecule has 4 nitrogen and oxygen atoms in total. The normalized spacial score (nSPS) is 22.9. The van der Waals surface area contributed by atoms with Gasteiger partial charge in [-0.3, -0.25) is 9.69 Å². The first-order chi connectivity index (χ1) is 9.51. The molecule has 0 aliphatic carbocycles. The van der Waals surface area contributed by atoms with Crippen molar-refractivity contribution in [2.24, 2.45) is 0 Å². The van der Waals surface area contributed by atoms with Crippen molar-refractivity contribution in [1.29, 1.82) is 0 Å². The molecule has 5 heteroatoms. The lowest BCUT2D eigenvalue weighted by atomic mass is 10.1. The number of hydrogen-bond acceptors (Lipinski definition) is 3. The Balaban J connectivity index is 1.98. The molecule has 1 aliphatic heterocycles. The van der Waals surface area contributed by atoms with Crippen LogP contribution in [-0.2, 0) is 4.79 Å². The number of amides is 1. The smallest absolute Gasteiger partial charge is 0.238 e. The lowest BCUT2D eigenvalue weighted by Gasteiger charge is -2.27. The van der Waals surface area contributed by atoms with Crippen molar-refractivity contribution in [2.75, 3.05) is 17.6 Å². The minimum atomic E-state index is -0.0220. The van der Waals surface area contributed by atoms with Gasteiger partial charge in [-0.05, 0) is 44.4 Å². The molecule has 1 amide bonds. The van der Waals surface area contributed by atoms with Crippen LogP contribution in [0.4, 0.5) is 11.4 Å². The average molecular weight is 296 g/mol. The summed E-state index contributed by atoms with van der Waals surface area (Å²) in [5, 5.41) is 3.43. The summed E-state index contributed by atoms with van der Waals surface area (Å²) in [5.74, 6) is -0.0220. The van der Waals surface area contributed by atoms with E-state index < -0.39 is 0 Å². The number of nitrogens with one attached hydrogen (secondary N) is 1. The van der Waals surface area contributed by atoms with Gasteiger partial charge in [0.15, 0.2) is 0 Å². The molecule has 1 saturated heterocycles. The van der Waals surface area contributed by atoms with E-state index in [1.165, 1.54) is 6.42 Å². The maximum absolute atomic E-state index is 12.2. The molecule has 1 aliphatic rings. The summed E-state index contributed by atoms with van der Waals surface area (Å²) < 4.78 is 0. The molecule has 110 valence electrons. The summed E-state index contributed by atoms with van der Waals surface area (Å²) >= 11 is 5.85. The maximum atomic E-state index is 12.2. The number of benzene rings is 1.